The van der Waals surface area contributed by atoms with Crippen LogP contribution in [-0.2, 0) is 5.41 Å². The maximum Gasteiger partial charge on any atom is 0.0713 e. The van der Waals surface area contributed by atoms with E-state index in [0.29, 0.717) is 0 Å². The maximum absolute atomic E-state index is 2.47. The Bertz CT molecular complexity index is 3320. The van der Waals surface area contributed by atoms with Gasteiger partial charge in [0, 0.05) is 57.4 Å². The van der Waals surface area contributed by atoms with Gasteiger partial charge in [-0.15, -0.1) is 22.7 Å². The van der Waals surface area contributed by atoms with Crippen LogP contribution in [0.4, 0.5) is 17.1 Å². The van der Waals surface area contributed by atoms with Crippen LogP contribution in [0.15, 0.2) is 212 Å². The van der Waals surface area contributed by atoms with E-state index in [1.807, 2.05) is 22.7 Å². The van der Waals surface area contributed by atoms with Crippen molar-refractivity contribution >= 4 is 80.1 Å². The van der Waals surface area contributed by atoms with Crippen LogP contribution in [0, 0.1) is 0 Å². The summed E-state index contributed by atoms with van der Waals surface area (Å²) in [6, 6.07) is 78.8. The van der Waals surface area contributed by atoms with Crippen molar-refractivity contribution in [3.63, 3.8) is 0 Å². The highest BCUT2D eigenvalue weighted by molar-refractivity contribution is 7.26. The zero-order valence-electron chi connectivity index (χ0n) is 31.5. The molecule has 0 fully saturated rings. The topological polar surface area (TPSA) is 3.24 Å². The Balaban J connectivity index is 1.10. The first-order valence-electron chi connectivity index (χ1n) is 19.8. The fourth-order valence-corrected chi connectivity index (χ4v) is 12.0. The summed E-state index contributed by atoms with van der Waals surface area (Å²) in [5, 5.41) is 5.22. The van der Waals surface area contributed by atoms with Gasteiger partial charge in [-0.05, 0) is 99.1 Å². The molecule has 9 aromatic carbocycles. The molecule has 0 unspecified atom stereocenters. The lowest BCUT2D eigenvalue weighted by Gasteiger charge is -2.34. The molecule has 2 aromatic heterocycles. The minimum atomic E-state index is -0.449. The van der Waals surface area contributed by atoms with Gasteiger partial charge in [0.15, 0.2) is 0 Å². The molecular formula is C55H35NS2. The lowest BCUT2D eigenvalue weighted by atomic mass is 9.68. The van der Waals surface area contributed by atoms with Gasteiger partial charge in [-0.3, -0.25) is 0 Å². The number of hydrogen-bond acceptors (Lipinski definition) is 3. The van der Waals surface area contributed by atoms with Crippen molar-refractivity contribution in [3.8, 4) is 22.3 Å². The third-order valence-electron chi connectivity index (χ3n) is 12.1. The Morgan fingerprint density at radius 2 is 0.879 bits per heavy atom. The molecule has 0 radical (unpaired) electrons. The van der Waals surface area contributed by atoms with Crippen molar-refractivity contribution in [1.82, 2.24) is 0 Å². The highest BCUT2D eigenvalue weighted by atomic mass is 32.1. The molecule has 0 saturated carbocycles. The van der Waals surface area contributed by atoms with Gasteiger partial charge in [0.05, 0.1) is 5.41 Å². The number of thiophene rings is 2. The molecule has 12 rings (SSSR count). The second kappa shape index (κ2) is 13.1. The van der Waals surface area contributed by atoms with Crippen LogP contribution in [-0.4, -0.2) is 0 Å². The lowest BCUT2D eigenvalue weighted by molar-refractivity contribution is 0.768. The third-order valence-corrected chi connectivity index (χ3v) is 14.5. The quantitative estimate of drug-likeness (QED) is 0.163. The van der Waals surface area contributed by atoms with E-state index in [-0.39, 0.29) is 0 Å². The monoisotopic (exact) mass is 773 g/mol. The molecule has 272 valence electrons. The van der Waals surface area contributed by atoms with Gasteiger partial charge in [-0.25, -0.2) is 0 Å². The van der Waals surface area contributed by atoms with Crippen LogP contribution in [0.2, 0.25) is 0 Å². The van der Waals surface area contributed by atoms with E-state index in [4.69, 9.17) is 0 Å². The molecule has 0 aliphatic heterocycles. The third kappa shape index (κ3) is 4.94. The molecule has 0 saturated heterocycles. The summed E-state index contributed by atoms with van der Waals surface area (Å²) >= 11 is 3.75. The molecule has 0 amide bonds. The van der Waals surface area contributed by atoms with Crippen molar-refractivity contribution in [2.45, 2.75) is 5.41 Å². The van der Waals surface area contributed by atoms with Crippen molar-refractivity contribution in [2.24, 2.45) is 0 Å². The Hall–Kier alpha value is -6.78. The number of fused-ring (bicyclic) bond motifs is 9. The molecule has 1 nitrogen and oxygen atoms in total. The maximum atomic E-state index is 2.47. The van der Waals surface area contributed by atoms with Crippen LogP contribution in [0.5, 0.6) is 0 Å². The van der Waals surface area contributed by atoms with Gasteiger partial charge < -0.3 is 4.90 Å². The Labute approximate surface area is 345 Å². The van der Waals surface area contributed by atoms with E-state index in [1.165, 1.54) is 84.9 Å². The van der Waals surface area contributed by atoms with Crippen LogP contribution >= 0.6 is 22.7 Å². The number of nitrogens with zero attached hydrogens (tertiary/aromatic N) is 1. The van der Waals surface area contributed by atoms with Gasteiger partial charge in [0.25, 0.3) is 0 Å². The molecule has 2 heterocycles. The zero-order chi connectivity index (χ0) is 38.2. The lowest BCUT2D eigenvalue weighted by Crippen LogP contribution is -2.28. The summed E-state index contributed by atoms with van der Waals surface area (Å²) in [6.07, 6.45) is 0. The Kier molecular flexibility index (Phi) is 7.56. The first-order chi connectivity index (χ1) is 28.8. The van der Waals surface area contributed by atoms with E-state index in [9.17, 15) is 0 Å². The summed E-state index contributed by atoms with van der Waals surface area (Å²) in [6.45, 7) is 0. The summed E-state index contributed by atoms with van der Waals surface area (Å²) in [5.74, 6) is 0. The van der Waals surface area contributed by atoms with Gasteiger partial charge in [-0.2, -0.15) is 0 Å². The fourth-order valence-electron chi connectivity index (χ4n) is 9.66. The molecular weight excluding hydrogens is 739 g/mol. The van der Waals surface area contributed by atoms with Crippen molar-refractivity contribution in [3.05, 3.63) is 235 Å². The largest absolute Gasteiger partial charge is 0.310 e. The Morgan fingerprint density at radius 3 is 1.67 bits per heavy atom. The van der Waals surface area contributed by atoms with E-state index in [2.05, 4.69) is 217 Å². The second-order valence-corrected chi connectivity index (χ2v) is 17.3. The molecule has 0 atom stereocenters. The predicted molar refractivity (Wildman–Crippen MR) is 250 cm³/mol. The number of rotatable bonds is 6. The number of benzene rings is 9. The second-order valence-electron chi connectivity index (χ2n) is 15.2. The molecule has 11 aromatic rings. The zero-order valence-corrected chi connectivity index (χ0v) is 33.1. The van der Waals surface area contributed by atoms with Gasteiger partial charge >= 0.3 is 0 Å². The van der Waals surface area contributed by atoms with E-state index in [0.717, 1.165) is 17.1 Å². The van der Waals surface area contributed by atoms with Crippen molar-refractivity contribution in [2.75, 3.05) is 4.90 Å². The van der Waals surface area contributed by atoms with Crippen LogP contribution in [0.3, 0.4) is 0 Å². The average molecular weight is 774 g/mol. The molecule has 0 bridgehead atoms. The summed E-state index contributed by atoms with van der Waals surface area (Å²) < 4.78 is 5.26. The van der Waals surface area contributed by atoms with Gasteiger partial charge in [-0.1, -0.05) is 158 Å². The van der Waals surface area contributed by atoms with Gasteiger partial charge in [0.1, 0.15) is 0 Å². The summed E-state index contributed by atoms with van der Waals surface area (Å²) in [5.41, 5.74) is 13.1. The normalized spacial score (nSPS) is 13.0. The predicted octanol–water partition coefficient (Wildman–Crippen LogP) is 15.9. The first-order valence-corrected chi connectivity index (χ1v) is 21.5. The smallest absolute Gasteiger partial charge is 0.0713 e. The van der Waals surface area contributed by atoms with Crippen molar-refractivity contribution in [1.29, 1.82) is 0 Å². The molecule has 0 N–H and O–H groups in total. The minimum absolute atomic E-state index is 0.449. The van der Waals surface area contributed by atoms with E-state index in [1.54, 1.807) is 0 Å². The van der Waals surface area contributed by atoms with Crippen LogP contribution < -0.4 is 4.90 Å². The van der Waals surface area contributed by atoms with Crippen LogP contribution in [0.25, 0.3) is 62.6 Å². The standard InChI is InChI=1S/C55H35NS2/c1-3-16-37(17-4-1)55(38-18-5-2-6-19-38)49-26-10-7-21-43(49)47-34-40(29-31-50(47)55)56(41-30-32-53-48(35-41)45-23-9-11-27-51(45)57-53)39-20-13-15-36(33-39)42-24-14-25-46-44-22-8-12-28-52(44)58-54(42)46/h1-35H. The SMILES string of the molecule is c1ccc(C2(c3ccccc3)c3ccccc3-c3cc(N(c4cccc(-c5cccc6c5sc5ccccc56)c4)c4ccc5sc6ccccc6c5c4)ccc32)cc1. The molecule has 3 heteroatoms. The van der Waals surface area contributed by atoms with Crippen molar-refractivity contribution < 1.29 is 0 Å². The molecule has 1 aliphatic rings. The summed E-state index contributed by atoms with van der Waals surface area (Å²) in [7, 11) is 0. The Morgan fingerprint density at radius 1 is 0.328 bits per heavy atom. The summed E-state index contributed by atoms with van der Waals surface area (Å²) in [4.78, 5) is 2.47. The average Bonchev–Trinajstić information content (AvgIpc) is 3.95. The molecule has 1 aliphatic carbocycles. The first kappa shape index (κ1) is 33.4. The fraction of sp³-hybridized carbons (Fsp3) is 0.0182. The van der Waals surface area contributed by atoms with E-state index < -0.39 is 5.41 Å². The van der Waals surface area contributed by atoms with Gasteiger partial charge in [0.2, 0.25) is 0 Å². The number of hydrogen-bond donors (Lipinski definition) is 0. The van der Waals surface area contributed by atoms with Crippen LogP contribution in [0.1, 0.15) is 22.3 Å². The minimum Gasteiger partial charge on any atom is -0.310 e. The molecule has 0 spiro atoms. The number of anilines is 3. The molecule has 58 heavy (non-hydrogen) atoms. The highest BCUT2D eigenvalue weighted by Gasteiger charge is 2.46. The van der Waals surface area contributed by atoms with E-state index >= 15 is 0 Å². The highest BCUT2D eigenvalue weighted by Crippen LogP contribution is 2.57.